The number of ether oxygens (including phenoxy) is 1. The summed E-state index contributed by atoms with van der Waals surface area (Å²) in [6.07, 6.45) is 9.63. The van der Waals surface area contributed by atoms with Crippen molar-refractivity contribution in [3.05, 3.63) is 149 Å². The number of aromatic amines is 1. The zero-order valence-electron chi connectivity index (χ0n) is 23.2. The second kappa shape index (κ2) is 12.4. The third kappa shape index (κ3) is 5.89. The summed E-state index contributed by atoms with van der Waals surface area (Å²) in [5.74, 6) is -0.112. The first-order chi connectivity index (χ1) is 20.7. The second-order valence-electron chi connectivity index (χ2n) is 10.2. The number of hydrogen-bond acceptors (Lipinski definition) is 2. The number of rotatable bonds is 10. The van der Waals surface area contributed by atoms with Crippen molar-refractivity contribution < 1.29 is 14.6 Å². The summed E-state index contributed by atoms with van der Waals surface area (Å²) in [6.45, 7) is 0.493. The molecule has 0 atom stereocenters. The van der Waals surface area contributed by atoms with Crippen molar-refractivity contribution in [3.8, 4) is 5.75 Å². The van der Waals surface area contributed by atoms with Crippen LogP contribution in [0.5, 0.6) is 5.75 Å². The van der Waals surface area contributed by atoms with Gasteiger partial charge < -0.3 is 14.8 Å². The van der Waals surface area contributed by atoms with E-state index in [1.54, 1.807) is 0 Å². The van der Waals surface area contributed by atoms with Gasteiger partial charge in [-0.15, -0.1) is 0 Å². The van der Waals surface area contributed by atoms with Gasteiger partial charge in [0.1, 0.15) is 11.4 Å². The molecule has 42 heavy (non-hydrogen) atoms. The number of hydrogen-bond donors (Lipinski definition) is 2. The lowest BCUT2D eigenvalue weighted by molar-refractivity contribution is 0.0690. The van der Waals surface area contributed by atoms with E-state index in [2.05, 4.69) is 65.7 Å². The Kier molecular flexibility index (Phi) is 7.96. The number of H-pyrrole nitrogens is 1. The van der Waals surface area contributed by atoms with E-state index < -0.39 is 5.97 Å². The SMILES string of the molecule is O=C(O)c1[nH]c2c(C=Cc3ccccc3C=Cc3ccccc3)cccc2c1CCCOc1cccc2ccccc12. The van der Waals surface area contributed by atoms with Gasteiger partial charge in [0.2, 0.25) is 0 Å². The minimum atomic E-state index is -0.956. The molecule has 0 saturated carbocycles. The van der Waals surface area contributed by atoms with E-state index in [-0.39, 0.29) is 5.69 Å². The maximum Gasteiger partial charge on any atom is 0.352 e. The Hall–Kier alpha value is -5.35. The van der Waals surface area contributed by atoms with E-state index in [0.29, 0.717) is 19.4 Å². The number of carbonyl (C=O) groups is 1. The van der Waals surface area contributed by atoms with Gasteiger partial charge >= 0.3 is 5.97 Å². The molecule has 0 bridgehead atoms. The third-order valence-corrected chi connectivity index (χ3v) is 7.46. The lowest BCUT2D eigenvalue weighted by Gasteiger charge is -2.09. The Morgan fingerprint density at radius 2 is 1.29 bits per heavy atom. The zero-order chi connectivity index (χ0) is 28.7. The number of benzene rings is 5. The quantitative estimate of drug-likeness (QED) is 0.132. The highest BCUT2D eigenvalue weighted by atomic mass is 16.5. The lowest BCUT2D eigenvalue weighted by Crippen LogP contribution is -2.04. The topological polar surface area (TPSA) is 62.3 Å². The summed E-state index contributed by atoms with van der Waals surface area (Å²) < 4.78 is 6.13. The molecular formula is C38H31NO3. The fourth-order valence-corrected chi connectivity index (χ4v) is 5.37. The first-order valence-electron chi connectivity index (χ1n) is 14.1. The lowest BCUT2D eigenvalue weighted by atomic mass is 10.0. The molecule has 5 aromatic carbocycles. The Bertz CT molecular complexity index is 1910. The van der Waals surface area contributed by atoms with E-state index in [1.165, 1.54) is 0 Å². The number of nitrogens with one attached hydrogen (secondary N) is 1. The maximum atomic E-state index is 12.2. The summed E-state index contributed by atoms with van der Waals surface area (Å²) in [4.78, 5) is 15.4. The van der Waals surface area contributed by atoms with Crippen LogP contribution >= 0.6 is 0 Å². The molecule has 206 valence electrons. The number of aromatic carboxylic acids is 1. The van der Waals surface area contributed by atoms with Crippen LogP contribution in [0.3, 0.4) is 0 Å². The molecule has 6 aromatic rings. The minimum Gasteiger partial charge on any atom is -0.493 e. The molecule has 0 aliphatic carbocycles. The van der Waals surface area contributed by atoms with Gasteiger partial charge in [0, 0.05) is 10.8 Å². The predicted molar refractivity (Wildman–Crippen MR) is 174 cm³/mol. The molecule has 0 aliphatic heterocycles. The summed E-state index contributed by atoms with van der Waals surface area (Å²) in [5.41, 5.74) is 6.14. The van der Waals surface area contributed by atoms with Crippen LogP contribution in [0.15, 0.2) is 115 Å². The first-order valence-corrected chi connectivity index (χ1v) is 14.1. The molecule has 6 rings (SSSR count). The van der Waals surface area contributed by atoms with Gasteiger partial charge in [-0.1, -0.05) is 133 Å². The number of fused-ring (bicyclic) bond motifs is 2. The Morgan fingerprint density at radius 3 is 2.10 bits per heavy atom. The van der Waals surface area contributed by atoms with Gasteiger partial charge in [0.05, 0.1) is 12.1 Å². The van der Waals surface area contributed by atoms with Crippen LogP contribution in [0.1, 0.15) is 44.7 Å². The number of aromatic nitrogens is 1. The summed E-state index contributed by atoms with van der Waals surface area (Å²) >= 11 is 0. The fourth-order valence-electron chi connectivity index (χ4n) is 5.37. The number of aryl methyl sites for hydroxylation is 1. The standard InChI is InChI=1S/C38H31NO3/c40-38(41)37-34(20-10-26-42-35-21-9-16-30-15-6-7-18-32(30)35)33-19-8-17-31(36(33)39-37)25-24-29-14-5-4-13-28(29)23-22-27-11-2-1-3-12-27/h1-9,11-19,21-25,39H,10,20,26H2,(H,40,41). The molecule has 2 N–H and O–H groups in total. The first kappa shape index (κ1) is 26.9. The zero-order valence-corrected chi connectivity index (χ0v) is 23.2. The Balaban J connectivity index is 1.22. The van der Waals surface area contributed by atoms with Crippen LogP contribution < -0.4 is 4.74 Å². The van der Waals surface area contributed by atoms with Gasteiger partial charge in [0.15, 0.2) is 0 Å². The Labute approximate surface area is 245 Å². The molecule has 0 saturated heterocycles. The maximum absolute atomic E-state index is 12.2. The van der Waals surface area contributed by atoms with Crippen LogP contribution in [0.2, 0.25) is 0 Å². The molecule has 1 heterocycles. The van der Waals surface area contributed by atoms with Gasteiger partial charge in [-0.05, 0) is 52.1 Å². The molecule has 0 radical (unpaired) electrons. The van der Waals surface area contributed by atoms with Gasteiger partial charge in [-0.2, -0.15) is 0 Å². The minimum absolute atomic E-state index is 0.238. The molecule has 0 fully saturated rings. The molecule has 1 aromatic heterocycles. The summed E-state index contributed by atoms with van der Waals surface area (Å²) in [6, 6.07) is 38.6. The third-order valence-electron chi connectivity index (χ3n) is 7.46. The highest BCUT2D eigenvalue weighted by Gasteiger charge is 2.18. The monoisotopic (exact) mass is 549 g/mol. The van der Waals surface area contributed by atoms with E-state index in [4.69, 9.17) is 4.74 Å². The molecule has 0 aliphatic rings. The number of carboxylic acid groups (broad SMARTS) is 1. The molecule has 0 amide bonds. The molecule has 0 spiro atoms. The van der Waals surface area contributed by atoms with Gasteiger partial charge in [-0.25, -0.2) is 4.79 Å². The van der Waals surface area contributed by atoms with Crippen molar-refractivity contribution in [1.29, 1.82) is 0 Å². The predicted octanol–water partition coefficient (Wildman–Crippen LogP) is 9.37. The van der Waals surface area contributed by atoms with Crippen molar-refractivity contribution in [3.63, 3.8) is 0 Å². The van der Waals surface area contributed by atoms with E-state index >= 15 is 0 Å². The molecule has 0 unspecified atom stereocenters. The van der Waals surface area contributed by atoms with Crippen LogP contribution in [-0.4, -0.2) is 22.7 Å². The van der Waals surface area contributed by atoms with Crippen molar-refractivity contribution in [2.75, 3.05) is 6.61 Å². The summed E-state index contributed by atoms with van der Waals surface area (Å²) in [7, 11) is 0. The van der Waals surface area contributed by atoms with E-state index in [0.717, 1.165) is 55.2 Å². The van der Waals surface area contributed by atoms with Crippen molar-refractivity contribution >= 4 is 51.9 Å². The average Bonchev–Trinajstić information content (AvgIpc) is 3.41. The second-order valence-corrected chi connectivity index (χ2v) is 10.2. The van der Waals surface area contributed by atoms with Crippen molar-refractivity contribution in [2.45, 2.75) is 12.8 Å². The van der Waals surface area contributed by atoms with E-state index in [9.17, 15) is 9.90 Å². The molecule has 4 heteroatoms. The summed E-state index contributed by atoms with van der Waals surface area (Å²) in [5, 5.41) is 13.2. The largest absolute Gasteiger partial charge is 0.493 e. The van der Waals surface area contributed by atoms with Gasteiger partial charge in [0.25, 0.3) is 0 Å². The normalized spacial score (nSPS) is 11.6. The van der Waals surface area contributed by atoms with E-state index in [1.807, 2.05) is 78.9 Å². The average molecular weight is 550 g/mol. The number of para-hydroxylation sites is 1. The highest BCUT2D eigenvalue weighted by Crippen LogP contribution is 2.29. The van der Waals surface area contributed by atoms with Crippen LogP contribution in [0.4, 0.5) is 0 Å². The Morgan fingerprint density at radius 1 is 0.667 bits per heavy atom. The highest BCUT2D eigenvalue weighted by molar-refractivity contribution is 6.01. The van der Waals surface area contributed by atoms with Gasteiger partial charge in [-0.3, -0.25) is 0 Å². The molecular weight excluding hydrogens is 518 g/mol. The smallest absolute Gasteiger partial charge is 0.352 e. The van der Waals surface area contributed by atoms with Crippen LogP contribution in [0.25, 0.3) is 46.0 Å². The van der Waals surface area contributed by atoms with Crippen LogP contribution in [-0.2, 0) is 6.42 Å². The van der Waals surface area contributed by atoms with Crippen molar-refractivity contribution in [2.24, 2.45) is 0 Å². The van der Waals surface area contributed by atoms with Crippen molar-refractivity contribution in [1.82, 2.24) is 4.98 Å². The number of carboxylic acids is 1. The van der Waals surface area contributed by atoms with Crippen LogP contribution in [0, 0.1) is 0 Å². The fraction of sp³-hybridized carbons (Fsp3) is 0.0789. The molecule has 4 nitrogen and oxygen atoms in total.